The molecule has 11 heteroatoms. The lowest BCUT2D eigenvalue weighted by molar-refractivity contribution is 0.208. The van der Waals surface area contributed by atoms with Crippen LogP contribution in [0.15, 0.2) is 67.4 Å². The van der Waals surface area contributed by atoms with Gasteiger partial charge in [-0.15, -0.1) is 11.8 Å². The maximum atomic E-state index is 15.1. The van der Waals surface area contributed by atoms with E-state index in [2.05, 4.69) is 34.4 Å². The Balaban J connectivity index is 2.22. The second-order valence-electron chi connectivity index (χ2n) is 9.91. The maximum absolute atomic E-state index is 15.1. The van der Waals surface area contributed by atoms with Gasteiger partial charge in [0.05, 0.1) is 13.2 Å². The van der Waals surface area contributed by atoms with Crippen LogP contribution in [0.1, 0.15) is 45.7 Å². The predicted molar refractivity (Wildman–Crippen MR) is 167 cm³/mol. The standard InChI is InChI=1S/C30H41F2N7OS/c1-8-18(2)27(22(16-33)17-34-11-12-40-6)28(21-9-10-21)30(36-26-13-19(3)37-38-26)35-20(4)39(5)29-24(31)14-23(41-7)15-25(29)32/h13-17,21H,8-12,33H2,1-7H3,(H2,36,37,38)/b22-16+,27-18+,30-28+,34-17?,35-20+. The van der Waals surface area contributed by atoms with Crippen LogP contribution < -0.4 is 16.0 Å². The third kappa shape index (κ3) is 8.29. The first-order chi connectivity index (χ1) is 19.6. The number of nitrogens with one attached hydrogen (secondary N) is 2. The average Bonchev–Trinajstić information content (AvgIpc) is 3.70. The van der Waals surface area contributed by atoms with E-state index in [1.807, 2.05) is 13.0 Å². The number of rotatable bonds is 13. The molecule has 1 aromatic carbocycles. The number of anilines is 2. The molecule has 0 atom stereocenters. The van der Waals surface area contributed by atoms with Gasteiger partial charge >= 0.3 is 0 Å². The number of benzene rings is 1. The van der Waals surface area contributed by atoms with Crippen LogP contribution in [0, 0.1) is 24.5 Å². The topological polar surface area (TPSA) is 104 Å². The first-order valence-electron chi connectivity index (χ1n) is 13.6. The summed E-state index contributed by atoms with van der Waals surface area (Å²) in [5.41, 5.74) is 10.7. The number of allylic oxidation sites excluding steroid dienone is 4. The molecule has 1 aromatic heterocycles. The number of H-pyrrole nitrogens is 1. The Hall–Kier alpha value is -3.44. The number of hydrogen-bond donors (Lipinski definition) is 3. The van der Waals surface area contributed by atoms with Gasteiger partial charge in [-0.2, -0.15) is 5.10 Å². The van der Waals surface area contributed by atoms with Crippen molar-refractivity contribution in [1.82, 2.24) is 10.2 Å². The molecular weight excluding hydrogens is 544 g/mol. The number of halogens is 2. The van der Waals surface area contributed by atoms with Gasteiger partial charge in [-0.3, -0.25) is 10.1 Å². The van der Waals surface area contributed by atoms with Gasteiger partial charge in [-0.1, -0.05) is 12.5 Å². The number of aromatic nitrogens is 2. The Morgan fingerprint density at radius 3 is 2.46 bits per heavy atom. The van der Waals surface area contributed by atoms with Gasteiger partial charge in [0, 0.05) is 54.4 Å². The molecule has 1 aliphatic rings. The molecule has 222 valence electrons. The number of hydrogen-bond acceptors (Lipinski definition) is 7. The van der Waals surface area contributed by atoms with E-state index in [1.54, 1.807) is 39.8 Å². The van der Waals surface area contributed by atoms with Crippen molar-refractivity contribution < 1.29 is 13.5 Å². The van der Waals surface area contributed by atoms with E-state index in [0.717, 1.165) is 47.2 Å². The number of aliphatic imine (C=N–C) groups is 2. The molecule has 1 saturated carbocycles. The van der Waals surface area contributed by atoms with Gasteiger partial charge in [0.2, 0.25) is 0 Å². The highest BCUT2D eigenvalue weighted by Gasteiger charge is 2.33. The highest BCUT2D eigenvalue weighted by Crippen LogP contribution is 2.45. The van der Waals surface area contributed by atoms with Crippen LogP contribution in [0.3, 0.4) is 0 Å². The zero-order valence-electron chi connectivity index (χ0n) is 24.9. The van der Waals surface area contributed by atoms with Crippen molar-refractivity contribution in [2.75, 3.05) is 43.8 Å². The molecule has 4 N–H and O–H groups in total. The molecule has 0 spiro atoms. The van der Waals surface area contributed by atoms with Crippen LogP contribution in [0.5, 0.6) is 0 Å². The Morgan fingerprint density at radius 2 is 1.95 bits per heavy atom. The van der Waals surface area contributed by atoms with Gasteiger partial charge in [-0.05, 0) is 69.9 Å². The molecule has 2 aromatic rings. The van der Waals surface area contributed by atoms with Crippen LogP contribution >= 0.6 is 11.8 Å². The van der Waals surface area contributed by atoms with E-state index in [-0.39, 0.29) is 11.6 Å². The van der Waals surface area contributed by atoms with Crippen molar-refractivity contribution in [3.05, 3.63) is 69.8 Å². The zero-order valence-corrected chi connectivity index (χ0v) is 25.8. The Bertz CT molecular complexity index is 1350. The molecule has 0 unspecified atom stereocenters. The summed E-state index contributed by atoms with van der Waals surface area (Å²) < 4.78 is 35.2. The second-order valence-corrected chi connectivity index (χ2v) is 10.8. The molecule has 0 radical (unpaired) electrons. The number of nitrogens with zero attached hydrogens (tertiary/aromatic N) is 4. The number of methoxy groups -OCH3 is 1. The number of nitrogens with two attached hydrogens (primary N) is 1. The summed E-state index contributed by atoms with van der Waals surface area (Å²) in [4.78, 5) is 11.4. The highest BCUT2D eigenvalue weighted by molar-refractivity contribution is 7.98. The maximum Gasteiger partial charge on any atom is 0.153 e. The fourth-order valence-electron chi connectivity index (χ4n) is 4.33. The van der Waals surface area contributed by atoms with Crippen LogP contribution in [-0.4, -0.2) is 55.8 Å². The Morgan fingerprint density at radius 1 is 1.27 bits per heavy atom. The summed E-state index contributed by atoms with van der Waals surface area (Å²) in [6, 6.07) is 4.54. The van der Waals surface area contributed by atoms with Crippen molar-refractivity contribution in [2.24, 2.45) is 21.6 Å². The summed E-state index contributed by atoms with van der Waals surface area (Å²) in [5, 5.41) is 10.7. The molecule has 8 nitrogen and oxygen atoms in total. The normalized spacial score (nSPS) is 15.7. The van der Waals surface area contributed by atoms with Crippen molar-refractivity contribution in [1.29, 1.82) is 0 Å². The van der Waals surface area contributed by atoms with Gasteiger partial charge < -0.3 is 20.7 Å². The number of aryl methyl sites for hydroxylation is 1. The van der Waals surface area contributed by atoms with Gasteiger partial charge in [0.1, 0.15) is 17.3 Å². The minimum atomic E-state index is -0.654. The van der Waals surface area contributed by atoms with E-state index in [4.69, 9.17) is 15.5 Å². The minimum absolute atomic E-state index is 0.166. The lowest BCUT2D eigenvalue weighted by atomic mass is 9.89. The summed E-state index contributed by atoms with van der Waals surface area (Å²) in [6.45, 7) is 8.80. The molecule has 0 saturated heterocycles. The van der Waals surface area contributed by atoms with E-state index in [0.29, 0.717) is 35.5 Å². The molecule has 0 amide bonds. The van der Waals surface area contributed by atoms with Crippen LogP contribution in [0.2, 0.25) is 0 Å². The van der Waals surface area contributed by atoms with E-state index >= 15 is 8.78 Å². The highest BCUT2D eigenvalue weighted by atomic mass is 32.2. The monoisotopic (exact) mass is 585 g/mol. The number of thioether (sulfide) groups is 1. The number of aromatic amines is 1. The van der Waals surface area contributed by atoms with Crippen molar-refractivity contribution in [3.8, 4) is 0 Å². The first kappa shape index (κ1) is 32.1. The van der Waals surface area contributed by atoms with Crippen molar-refractivity contribution in [2.45, 2.75) is 51.9 Å². The van der Waals surface area contributed by atoms with Gasteiger partial charge in [0.15, 0.2) is 17.5 Å². The fraction of sp³-hybridized carbons (Fsp3) is 0.433. The molecule has 41 heavy (non-hydrogen) atoms. The average molecular weight is 586 g/mol. The summed E-state index contributed by atoms with van der Waals surface area (Å²) in [6.07, 6.45) is 7.84. The van der Waals surface area contributed by atoms with Crippen LogP contribution in [-0.2, 0) is 4.74 Å². The van der Waals surface area contributed by atoms with Crippen molar-refractivity contribution in [3.63, 3.8) is 0 Å². The summed E-state index contributed by atoms with van der Waals surface area (Å²) in [7, 11) is 3.24. The molecule has 0 bridgehead atoms. The summed E-state index contributed by atoms with van der Waals surface area (Å²) in [5.74, 6) is 0.423. The largest absolute Gasteiger partial charge is 0.404 e. The Kier molecular flexibility index (Phi) is 11.7. The Labute approximate surface area is 245 Å². The fourth-order valence-corrected chi connectivity index (χ4v) is 4.77. The smallest absolute Gasteiger partial charge is 0.153 e. The molecule has 1 aliphatic carbocycles. The molecule has 1 heterocycles. The third-order valence-electron chi connectivity index (χ3n) is 6.86. The molecule has 0 aliphatic heterocycles. The van der Waals surface area contributed by atoms with E-state index in [9.17, 15) is 0 Å². The van der Waals surface area contributed by atoms with E-state index in [1.165, 1.54) is 28.8 Å². The number of ether oxygens (including phenoxy) is 1. The predicted octanol–water partition coefficient (Wildman–Crippen LogP) is 6.59. The van der Waals surface area contributed by atoms with Crippen LogP contribution in [0.25, 0.3) is 0 Å². The van der Waals surface area contributed by atoms with Crippen molar-refractivity contribution >= 4 is 35.3 Å². The van der Waals surface area contributed by atoms with E-state index < -0.39 is 11.6 Å². The van der Waals surface area contributed by atoms with Gasteiger partial charge in [0.25, 0.3) is 0 Å². The lowest BCUT2D eigenvalue weighted by Gasteiger charge is -2.23. The lowest BCUT2D eigenvalue weighted by Crippen LogP contribution is -2.26. The third-order valence-corrected chi connectivity index (χ3v) is 7.57. The summed E-state index contributed by atoms with van der Waals surface area (Å²) >= 11 is 1.28. The molecule has 3 rings (SSSR count). The molecular formula is C30H41F2N7OS. The first-order valence-corrected chi connectivity index (χ1v) is 14.8. The van der Waals surface area contributed by atoms with Gasteiger partial charge in [-0.25, -0.2) is 13.8 Å². The number of amidine groups is 1. The second kappa shape index (κ2) is 15.0. The molecule has 1 fully saturated rings. The van der Waals surface area contributed by atoms with Crippen LogP contribution in [0.4, 0.5) is 20.3 Å². The minimum Gasteiger partial charge on any atom is -0.404 e. The quantitative estimate of drug-likeness (QED) is 0.0805. The SMILES string of the molecule is CC/C(C)=C(C(\C=NCCOC)=C\N)/C(=C(\N=C(/C)N(C)c1c(F)cc(SC)cc1F)Nc1cc(C)[nH]n1)C1CC1. The zero-order chi connectivity index (χ0) is 30.1.